The van der Waals surface area contributed by atoms with E-state index < -0.39 is 0 Å². The van der Waals surface area contributed by atoms with Crippen LogP contribution < -0.4 is 5.32 Å². The number of nitrogens with zero attached hydrogens (tertiary/aromatic N) is 1. The van der Waals surface area contributed by atoms with Crippen LogP contribution in [0.2, 0.25) is 0 Å². The first kappa shape index (κ1) is 12.1. The minimum atomic E-state index is -0.0137. The predicted octanol–water partition coefficient (Wildman–Crippen LogP) is 1.90. The summed E-state index contributed by atoms with van der Waals surface area (Å²) >= 11 is 0. The molecule has 0 radical (unpaired) electrons. The summed E-state index contributed by atoms with van der Waals surface area (Å²) in [6.07, 6.45) is 0. The standard InChI is InChI=1S/C12H20N2O/c1-10-6-5-7-11(14-10)8-13-12(2,3)9-15-4/h5-7,13H,8-9H2,1-4H3. The van der Waals surface area contributed by atoms with Crippen LogP contribution in [-0.2, 0) is 11.3 Å². The molecular weight excluding hydrogens is 188 g/mol. The summed E-state index contributed by atoms with van der Waals surface area (Å²) in [5, 5.41) is 3.42. The summed E-state index contributed by atoms with van der Waals surface area (Å²) in [6.45, 7) is 7.71. The lowest BCUT2D eigenvalue weighted by atomic mass is 10.1. The number of methoxy groups -OCH3 is 1. The minimum Gasteiger partial charge on any atom is -0.383 e. The van der Waals surface area contributed by atoms with Crippen LogP contribution in [0, 0.1) is 6.92 Å². The van der Waals surface area contributed by atoms with Gasteiger partial charge in [-0.15, -0.1) is 0 Å². The zero-order valence-electron chi connectivity index (χ0n) is 10.0. The molecule has 1 rings (SSSR count). The quantitative estimate of drug-likeness (QED) is 0.802. The number of aromatic nitrogens is 1. The van der Waals surface area contributed by atoms with E-state index in [1.165, 1.54) is 0 Å². The van der Waals surface area contributed by atoms with Gasteiger partial charge in [-0.2, -0.15) is 0 Å². The molecule has 1 aromatic heterocycles. The Kier molecular flexibility index (Phi) is 4.24. The lowest BCUT2D eigenvalue weighted by Gasteiger charge is -2.25. The van der Waals surface area contributed by atoms with Crippen LogP contribution in [0.4, 0.5) is 0 Å². The fourth-order valence-corrected chi connectivity index (χ4v) is 1.44. The molecule has 0 aliphatic carbocycles. The average Bonchev–Trinajstić information content (AvgIpc) is 2.15. The van der Waals surface area contributed by atoms with Crippen LogP contribution in [-0.4, -0.2) is 24.2 Å². The number of nitrogens with one attached hydrogen (secondary N) is 1. The molecule has 0 atom stereocenters. The molecule has 1 aromatic rings. The highest BCUT2D eigenvalue weighted by molar-refractivity contribution is 5.09. The van der Waals surface area contributed by atoms with Gasteiger partial charge >= 0.3 is 0 Å². The van der Waals surface area contributed by atoms with Crippen molar-refractivity contribution < 1.29 is 4.74 Å². The van der Waals surface area contributed by atoms with Crippen molar-refractivity contribution in [2.24, 2.45) is 0 Å². The van der Waals surface area contributed by atoms with Crippen LogP contribution in [0.15, 0.2) is 18.2 Å². The molecule has 0 bridgehead atoms. The number of pyridine rings is 1. The minimum absolute atomic E-state index is 0.0137. The number of ether oxygens (including phenoxy) is 1. The first-order valence-electron chi connectivity index (χ1n) is 5.20. The van der Waals surface area contributed by atoms with Gasteiger partial charge in [-0.1, -0.05) is 6.07 Å². The predicted molar refractivity (Wildman–Crippen MR) is 61.8 cm³/mol. The SMILES string of the molecule is COCC(C)(C)NCc1cccc(C)n1. The highest BCUT2D eigenvalue weighted by Crippen LogP contribution is 2.05. The summed E-state index contributed by atoms with van der Waals surface area (Å²) in [5.41, 5.74) is 2.11. The van der Waals surface area contributed by atoms with Crippen molar-refractivity contribution in [2.75, 3.05) is 13.7 Å². The van der Waals surface area contributed by atoms with Gasteiger partial charge in [0.2, 0.25) is 0 Å². The van der Waals surface area contributed by atoms with Gasteiger partial charge in [-0.3, -0.25) is 4.98 Å². The maximum atomic E-state index is 5.14. The van der Waals surface area contributed by atoms with Gasteiger partial charge in [0.1, 0.15) is 0 Å². The topological polar surface area (TPSA) is 34.1 Å². The second-order valence-corrected chi connectivity index (χ2v) is 4.44. The Labute approximate surface area is 91.9 Å². The molecule has 1 N–H and O–H groups in total. The molecule has 3 nitrogen and oxygen atoms in total. The largest absolute Gasteiger partial charge is 0.383 e. The molecule has 0 amide bonds. The van der Waals surface area contributed by atoms with Crippen molar-refractivity contribution in [1.29, 1.82) is 0 Å². The normalized spacial score (nSPS) is 11.7. The van der Waals surface area contributed by atoms with E-state index >= 15 is 0 Å². The Morgan fingerprint density at radius 1 is 1.40 bits per heavy atom. The molecule has 1 heterocycles. The number of rotatable bonds is 5. The van der Waals surface area contributed by atoms with E-state index in [1.54, 1.807) is 7.11 Å². The number of hydrogen-bond acceptors (Lipinski definition) is 3. The fourth-order valence-electron chi connectivity index (χ4n) is 1.44. The summed E-state index contributed by atoms with van der Waals surface area (Å²) in [6, 6.07) is 6.06. The third-order valence-corrected chi connectivity index (χ3v) is 2.20. The van der Waals surface area contributed by atoms with Gasteiger partial charge in [0.05, 0.1) is 12.3 Å². The van der Waals surface area contributed by atoms with E-state index in [2.05, 4.69) is 24.1 Å². The third kappa shape index (κ3) is 4.40. The maximum Gasteiger partial charge on any atom is 0.0639 e. The molecule has 0 aromatic carbocycles. The Hall–Kier alpha value is -0.930. The molecule has 15 heavy (non-hydrogen) atoms. The van der Waals surface area contributed by atoms with E-state index in [9.17, 15) is 0 Å². The molecule has 3 heteroatoms. The van der Waals surface area contributed by atoms with Gasteiger partial charge < -0.3 is 10.1 Å². The zero-order chi connectivity index (χ0) is 11.3. The lowest BCUT2D eigenvalue weighted by molar-refractivity contribution is 0.127. The maximum absolute atomic E-state index is 5.14. The molecule has 0 aliphatic rings. The molecule has 0 fully saturated rings. The van der Waals surface area contributed by atoms with E-state index in [1.807, 2.05) is 25.1 Å². The average molecular weight is 208 g/mol. The molecule has 0 spiro atoms. The van der Waals surface area contributed by atoms with Crippen molar-refractivity contribution in [2.45, 2.75) is 32.9 Å². The van der Waals surface area contributed by atoms with Crippen molar-refractivity contribution in [3.63, 3.8) is 0 Å². The van der Waals surface area contributed by atoms with E-state index in [-0.39, 0.29) is 5.54 Å². The van der Waals surface area contributed by atoms with Crippen molar-refractivity contribution in [3.05, 3.63) is 29.6 Å². The number of aryl methyl sites for hydroxylation is 1. The van der Waals surface area contributed by atoms with Crippen molar-refractivity contribution in [1.82, 2.24) is 10.3 Å². The van der Waals surface area contributed by atoms with Crippen LogP contribution in [0.3, 0.4) is 0 Å². The van der Waals surface area contributed by atoms with E-state index in [0.717, 1.165) is 17.9 Å². The second-order valence-electron chi connectivity index (χ2n) is 4.44. The number of hydrogen-bond donors (Lipinski definition) is 1. The Bertz CT molecular complexity index is 310. The van der Waals surface area contributed by atoms with Crippen molar-refractivity contribution in [3.8, 4) is 0 Å². The monoisotopic (exact) mass is 208 g/mol. The lowest BCUT2D eigenvalue weighted by Crippen LogP contribution is -2.42. The van der Waals surface area contributed by atoms with Gasteiger partial charge in [0.15, 0.2) is 0 Å². The van der Waals surface area contributed by atoms with Crippen molar-refractivity contribution >= 4 is 0 Å². The van der Waals surface area contributed by atoms with Gasteiger partial charge in [0.25, 0.3) is 0 Å². The van der Waals surface area contributed by atoms with Crippen LogP contribution in [0.25, 0.3) is 0 Å². The Morgan fingerprint density at radius 3 is 2.73 bits per heavy atom. The first-order chi connectivity index (χ1) is 7.03. The molecule has 0 saturated heterocycles. The molecule has 0 saturated carbocycles. The molecule has 0 aliphatic heterocycles. The molecule has 0 unspecified atom stereocenters. The van der Waals surface area contributed by atoms with E-state index in [0.29, 0.717) is 6.61 Å². The van der Waals surface area contributed by atoms with Gasteiger partial charge in [-0.05, 0) is 32.9 Å². The summed E-state index contributed by atoms with van der Waals surface area (Å²) < 4.78 is 5.14. The molecular formula is C12H20N2O. The smallest absolute Gasteiger partial charge is 0.0639 e. The third-order valence-electron chi connectivity index (χ3n) is 2.20. The zero-order valence-corrected chi connectivity index (χ0v) is 10.0. The first-order valence-corrected chi connectivity index (χ1v) is 5.20. The van der Waals surface area contributed by atoms with Gasteiger partial charge in [0, 0.05) is 24.9 Å². The highest BCUT2D eigenvalue weighted by atomic mass is 16.5. The Balaban J connectivity index is 2.49. The van der Waals surface area contributed by atoms with E-state index in [4.69, 9.17) is 4.74 Å². The summed E-state index contributed by atoms with van der Waals surface area (Å²) in [5.74, 6) is 0. The summed E-state index contributed by atoms with van der Waals surface area (Å²) in [7, 11) is 1.72. The van der Waals surface area contributed by atoms with Gasteiger partial charge in [-0.25, -0.2) is 0 Å². The molecule has 84 valence electrons. The summed E-state index contributed by atoms with van der Waals surface area (Å²) in [4.78, 5) is 4.43. The Morgan fingerprint density at radius 2 is 2.13 bits per heavy atom. The van der Waals surface area contributed by atoms with Crippen LogP contribution in [0.5, 0.6) is 0 Å². The van der Waals surface area contributed by atoms with Crippen LogP contribution >= 0.6 is 0 Å². The second kappa shape index (κ2) is 5.24. The fraction of sp³-hybridized carbons (Fsp3) is 0.583. The highest BCUT2D eigenvalue weighted by Gasteiger charge is 2.16. The van der Waals surface area contributed by atoms with Crippen LogP contribution in [0.1, 0.15) is 25.2 Å².